The molecule has 2 heterocycles. The molecule has 2 aliphatic heterocycles. The third-order valence-electron chi connectivity index (χ3n) is 5.00. The Labute approximate surface area is 141 Å². The lowest BCUT2D eigenvalue weighted by Gasteiger charge is -2.45. The molecule has 1 aromatic rings. The zero-order chi connectivity index (χ0) is 17.6. The van der Waals surface area contributed by atoms with Gasteiger partial charge in [0.2, 0.25) is 0 Å². The first-order valence-corrected chi connectivity index (χ1v) is 8.02. The van der Waals surface area contributed by atoms with Crippen LogP contribution in [0.25, 0.3) is 6.08 Å². The van der Waals surface area contributed by atoms with Gasteiger partial charge in [0, 0.05) is 29.9 Å². The van der Waals surface area contributed by atoms with Crippen LogP contribution < -0.4 is 20.3 Å². The van der Waals surface area contributed by atoms with Crippen LogP contribution in [0.1, 0.15) is 44.2 Å². The molecule has 1 atom stereocenters. The maximum absolute atomic E-state index is 11.8. The second-order valence-electron chi connectivity index (χ2n) is 7.10. The lowest BCUT2D eigenvalue weighted by Crippen LogP contribution is -2.45. The van der Waals surface area contributed by atoms with Gasteiger partial charge < -0.3 is 15.0 Å². The first-order chi connectivity index (χ1) is 11.2. The SMILES string of the molecule is COc1cc2c(cc1/C=C1\NC(=O)NC1=O)C(C)CC(C)(C)N2C. The van der Waals surface area contributed by atoms with Crippen molar-refractivity contribution in [2.45, 2.75) is 38.6 Å². The average Bonchev–Trinajstić information content (AvgIpc) is 2.82. The van der Waals surface area contributed by atoms with E-state index < -0.39 is 11.9 Å². The van der Waals surface area contributed by atoms with Gasteiger partial charge in [-0.25, -0.2) is 4.79 Å². The predicted octanol–water partition coefficient (Wildman–Crippen LogP) is 2.60. The zero-order valence-electron chi connectivity index (χ0n) is 14.7. The Bertz CT molecular complexity index is 752. The molecular formula is C18H23N3O3. The highest BCUT2D eigenvalue weighted by Crippen LogP contribution is 2.45. The Balaban J connectivity index is 2.10. The van der Waals surface area contributed by atoms with Gasteiger partial charge in [0.25, 0.3) is 5.91 Å². The Hall–Kier alpha value is -2.50. The van der Waals surface area contributed by atoms with Crippen LogP contribution in [0.15, 0.2) is 17.8 Å². The van der Waals surface area contributed by atoms with Gasteiger partial charge >= 0.3 is 6.03 Å². The second-order valence-corrected chi connectivity index (χ2v) is 7.10. The molecule has 3 rings (SSSR count). The van der Waals surface area contributed by atoms with Crippen molar-refractivity contribution in [1.29, 1.82) is 0 Å². The normalized spacial score (nSPS) is 23.8. The van der Waals surface area contributed by atoms with Gasteiger partial charge in [0.15, 0.2) is 0 Å². The lowest BCUT2D eigenvalue weighted by atomic mass is 9.80. The van der Waals surface area contributed by atoms with Crippen molar-refractivity contribution in [3.63, 3.8) is 0 Å². The lowest BCUT2D eigenvalue weighted by molar-refractivity contribution is -0.115. The Morgan fingerprint density at radius 1 is 1.29 bits per heavy atom. The molecule has 0 aromatic heterocycles. The van der Waals surface area contributed by atoms with Crippen molar-refractivity contribution in [3.05, 3.63) is 29.0 Å². The van der Waals surface area contributed by atoms with Gasteiger partial charge in [-0.2, -0.15) is 0 Å². The molecule has 0 spiro atoms. The first kappa shape index (κ1) is 16.4. The summed E-state index contributed by atoms with van der Waals surface area (Å²) in [5.41, 5.74) is 3.43. The Morgan fingerprint density at radius 3 is 2.58 bits per heavy atom. The van der Waals surface area contributed by atoms with Crippen molar-refractivity contribution in [3.8, 4) is 5.75 Å². The number of fused-ring (bicyclic) bond motifs is 1. The van der Waals surface area contributed by atoms with E-state index in [9.17, 15) is 9.59 Å². The summed E-state index contributed by atoms with van der Waals surface area (Å²) in [6.45, 7) is 6.67. The van der Waals surface area contributed by atoms with Crippen molar-refractivity contribution in [2.24, 2.45) is 0 Å². The van der Waals surface area contributed by atoms with Crippen LogP contribution in [0, 0.1) is 0 Å². The van der Waals surface area contributed by atoms with E-state index in [0.717, 1.165) is 17.7 Å². The number of rotatable bonds is 2. The van der Waals surface area contributed by atoms with E-state index in [-0.39, 0.29) is 11.2 Å². The fourth-order valence-electron chi connectivity index (χ4n) is 3.54. The van der Waals surface area contributed by atoms with E-state index in [1.165, 1.54) is 5.56 Å². The highest BCUT2D eigenvalue weighted by molar-refractivity contribution is 6.14. The summed E-state index contributed by atoms with van der Waals surface area (Å²) < 4.78 is 5.52. The number of benzene rings is 1. The van der Waals surface area contributed by atoms with E-state index in [1.807, 2.05) is 6.07 Å². The molecule has 0 bridgehead atoms. The molecular weight excluding hydrogens is 306 g/mol. The fourth-order valence-corrected chi connectivity index (χ4v) is 3.54. The van der Waals surface area contributed by atoms with Crippen LogP contribution in [0.2, 0.25) is 0 Å². The van der Waals surface area contributed by atoms with Crippen molar-refractivity contribution in [1.82, 2.24) is 10.6 Å². The molecule has 6 heteroatoms. The van der Waals surface area contributed by atoms with Gasteiger partial charge in [0.1, 0.15) is 11.4 Å². The largest absolute Gasteiger partial charge is 0.496 e. The van der Waals surface area contributed by atoms with Gasteiger partial charge in [-0.1, -0.05) is 6.92 Å². The van der Waals surface area contributed by atoms with Gasteiger partial charge in [-0.3, -0.25) is 10.1 Å². The molecule has 2 aliphatic rings. The van der Waals surface area contributed by atoms with Gasteiger partial charge in [-0.05, 0) is 43.9 Å². The molecule has 2 N–H and O–H groups in total. The summed E-state index contributed by atoms with van der Waals surface area (Å²) in [4.78, 5) is 25.3. The molecule has 0 radical (unpaired) electrons. The predicted molar refractivity (Wildman–Crippen MR) is 93.2 cm³/mol. The zero-order valence-corrected chi connectivity index (χ0v) is 14.7. The average molecular weight is 329 g/mol. The highest BCUT2D eigenvalue weighted by Gasteiger charge is 2.35. The van der Waals surface area contributed by atoms with E-state index in [2.05, 4.69) is 49.4 Å². The highest BCUT2D eigenvalue weighted by atomic mass is 16.5. The molecule has 1 unspecified atom stereocenters. The molecule has 1 aromatic carbocycles. The Kier molecular flexibility index (Phi) is 3.78. The monoisotopic (exact) mass is 329 g/mol. The number of nitrogens with one attached hydrogen (secondary N) is 2. The number of imide groups is 1. The number of nitrogens with zero attached hydrogens (tertiary/aromatic N) is 1. The molecule has 6 nitrogen and oxygen atoms in total. The summed E-state index contributed by atoms with van der Waals surface area (Å²) in [6.07, 6.45) is 2.70. The van der Waals surface area contributed by atoms with Crippen LogP contribution in [0.5, 0.6) is 5.75 Å². The third-order valence-corrected chi connectivity index (χ3v) is 5.00. The van der Waals surface area contributed by atoms with Gasteiger partial charge in [0.05, 0.1) is 7.11 Å². The summed E-state index contributed by atoms with van der Waals surface area (Å²) in [5.74, 6) is 0.638. The van der Waals surface area contributed by atoms with Crippen molar-refractivity contribution < 1.29 is 14.3 Å². The minimum absolute atomic E-state index is 0.0662. The number of hydrogen-bond donors (Lipinski definition) is 2. The van der Waals surface area contributed by atoms with E-state index in [0.29, 0.717) is 11.7 Å². The summed E-state index contributed by atoms with van der Waals surface area (Å²) in [5, 5.41) is 4.72. The van der Waals surface area contributed by atoms with Crippen molar-refractivity contribution in [2.75, 3.05) is 19.1 Å². The van der Waals surface area contributed by atoms with Crippen molar-refractivity contribution >= 4 is 23.7 Å². The standard InChI is InChI=1S/C18H23N3O3/c1-10-9-18(2,3)21(4)14-8-15(24-5)11(6-12(10)14)7-13-16(22)20-17(23)19-13/h6-8,10H,9H2,1-5H3,(H2,19,20,22,23)/b13-7-. The number of methoxy groups -OCH3 is 1. The first-order valence-electron chi connectivity index (χ1n) is 8.02. The maximum Gasteiger partial charge on any atom is 0.326 e. The topological polar surface area (TPSA) is 70.7 Å². The van der Waals surface area contributed by atoms with Crippen LogP contribution >= 0.6 is 0 Å². The van der Waals surface area contributed by atoms with Crippen LogP contribution in [0.4, 0.5) is 10.5 Å². The maximum atomic E-state index is 11.8. The molecule has 128 valence electrons. The summed E-state index contributed by atoms with van der Waals surface area (Å²) in [6, 6.07) is 3.56. The molecule has 0 aliphatic carbocycles. The minimum Gasteiger partial charge on any atom is -0.496 e. The fraction of sp³-hybridized carbons (Fsp3) is 0.444. The Morgan fingerprint density at radius 2 is 2.00 bits per heavy atom. The van der Waals surface area contributed by atoms with Crippen LogP contribution in [-0.4, -0.2) is 31.6 Å². The number of anilines is 1. The van der Waals surface area contributed by atoms with E-state index in [1.54, 1.807) is 13.2 Å². The van der Waals surface area contributed by atoms with E-state index in [4.69, 9.17) is 4.74 Å². The minimum atomic E-state index is -0.502. The third kappa shape index (κ3) is 2.62. The molecule has 0 saturated carbocycles. The van der Waals surface area contributed by atoms with Crippen LogP contribution in [-0.2, 0) is 4.79 Å². The molecule has 1 fully saturated rings. The molecule has 3 amide bonds. The number of hydrogen-bond acceptors (Lipinski definition) is 4. The van der Waals surface area contributed by atoms with E-state index >= 15 is 0 Å². The number of carbonyl (C=O) groups excluding carboxylic acids is 2. The molecule has 24 heavy (non-hydrogen) atoms. The number of ether oxygens (including phenoxy) is 1. The number of urea groups is 1. The smallest absolute Gasteiger partial charge is 0.326 e. The quantitative estimate of drug-likeness (QED) is 0.646. The van der Waals surface area contributed by atoms with Crippen LogP contribution in [0.3, 0.4) is 0 Å². The number of carbonyl (C=O) groups is 2. The molecule has 1 saturated heterocycles. The second kappa shape index (κ2) is 5.54. The van der Waals surface area contributed by atoms with Gasteiger partial charge in [-0.15, -0.1) is 0 Å². The summed E-state index contributed by atoms with van der Waals surface area (Å²) >= 11 is 0. The number of amides is 3. The summed E-state index contributed by atoms with van der Waals surface area (Å²) in [7, 11) is 3.70.